The van der Waals surface area contributed by atoms with Crippen molar-refractivity contribution in [1.82, 2.24) is 8.87 Å². The van der Waals surface area contributed by atoms with E-state index < -0.39 is 22.6 Å². The Morgan fingerprint density at radius 1 is 1.06 bits per heavy atom. The number of nitrogens with zero attached hydrogens (tertiary/aromatic N) is 2. The Hall–Kier alpha value is -3.21. The van der Waals surface area contributed by atoms with E-state index in [1.54, 1.807) is 18.4 Å². The van der Waals surface area contributed by atoms with Crippen molar-refractivity contribution in [1.29, 1.82) is 0 Å². The summed E-state index contributed by atoms with van der Waals surface area (Å²) in [5.74, 6) is -0.347. The van der Waals surface area contributed by atoms with Crippen molar-refractivity contribution in [2.24, 2.45) is 0 Å². The Bertz CT molecular complexity index is 1290. The second-order valence-electron chi connectivity index (χ2n) is 7.99. The molecular formula is C24H26N2O7S. The number of furan rings is 1. The van der Waals surface area contributed by atoms with Gasteiger partial charge in [-0.05, 0) is 50.2 Å². The number of benzene rings is 1. The van der Waals surface area contributed by atoms with Gasteiger partial charge >= 0.3 is 5.97 Å². The van der Waals surface area contributed by atoms with Crippen LogP contribution in [-0.2, 0) is 26.0 Å². The lowest BCUT2D eigenvalue weighted by atomic mass is 10.1. The summed E-state index contributed by atoms with van der Waals surface area (Å²) in [5, 5.41) is 0. The second-order valence-corrected chi connectivity index (χ2v) is 9.93. The van der Waals surface area contributed by atoms with Gasteiger partial charge in [-0.15, -0.1) is 0 Å². The van der Waals surface area contributed by atoms with Crippen LogP contribution in [0, 0.1) is 13.8 Å². The number of hydrogen-bond donors (Lipinski definition) is 0. The number of rotatable bonds is 8. The van der Waals surface area contributed by atoms with E-state index in [1.807, 2.05) is 24.5 Å². The molecular weight excluding hydrogens is 460 g/mol. The third-order valence-corrected chi connectivity index (χ3v) is 7.67. The first-order valence-corrected chi connectivity index (χ1v) is 12.3. The normalized spacial score (nSPS) is 14.8. The summed E-state index contributed by atoms with van der Waals surface area (Å²) >= 11 is 0. The lowest BCUT2D eigenvalue weighted by Gasteiger charge is -2.26. The van der Waals surface area contributed by atoms with Gasteiger partial charge in [0.15, 0.2) is 6.61 Å². The minimum absolute atomic E-state index is 0.00310. The lowest BCUT2D eigenvalue weighted by Crippen LogP contribution is -2.40. The minimum Gasteiger partial charge on any atom is -0.467 e. The van der Waals surface area contributed by atoms with Gasteiger partial charge in [-0.3, -0.25) is 4.79 Å². The summed E-state index contributed by atoms with van der Waals surface area (Å²) in [6.45, 7) is 4.90. The number of ketones is 1. The Labute approximate surface area is 197 Å². The van der Waals surface area contributed by atoms with Crippen LogP contribution < -0.4 is 0 Å². The molecule has 0 radical (unpaired) electrons. The van der Waals surface area contributed by atoms with Crippen LogP contribution in [-0.4, -0.2) is 62.0 Å². The molecule has 1 saturated heterocycles. The van der Waals surface area contributed by atoms with E-state index >= 15 is 0 Å². The van der Waals surface area contributed by atoms with Gasteiger partial charge in [0.25, 0.3) is 0 Å². The van der Waals surface area contributed by atoms with Crippen molar-refractivity contribution in [3.63, 3.8) is 0 Å². The van der Waals surface area contributed by atoms with E-state index in [-0.39, 0.29) is 29.3 Å². The summed E-state index contributed by atoms with van der Waals surface area (Å²) in [4.78, 5) is 25.4. The fourth-order valence-electron chi connectivity index (χ4n) is 3.90. The Morgan fingerprint density at radius 2 is 1.82 bits per heavy atom. The van der Waals surface area contributed by atoms with Gasteiger partial charge < -0.3 is 18.5 Å². The first kappa shape index (κ1) is 23.9. The quantitative estimate of drug-likeness (QED) is 0.356. The minimum atomic E-state index is -3.75. The molecule has 0 aliphatic carbocycles. The molecule has 0 N–H and O–H groups in total. The van der Waals surface area contributed by atoms with Gasteiger partial charge in [0.2, 0.25) is 15.8 Å². The zero-order valence-corrected chi connectivity index (χ0v) is 19.8. The SMILES string of the molecule is Cc1cc(C(=O)COC(=O)c2cccc(S(=O)(=O)N3CCOCC3)c2)c(C)n1Cc1ccco1. The van der Waals surface area contributed by atoms with Gasteiger partial charge in [-0.2, -0.15) is 4.31 Å². The van der Waals surface area contributed by atoms with Crippen LogP contribution in [0.1, 0.15) is 37.9 Å². The van der Waals surface area contributed by atoms with Crippen molar-refractivity contribution in [2.45, 2.75) is 25.3 Å². The third kappa shape index (κ3) is 4.98. The molecule has 10 heteroatoms. The van der Waals surface area contributed by atoms with Crippen molar-refractivity contribution in [3.8, 4) is 0 Å². The molecule has 34 heavy (non-hydrogen) atoms. The fourth-order valence-corrected chi connectivity index (χ4v) is 5.35. The van der Waals surface area contributed by atoms with Crippen LogP contribution in [0.25, 0.3) is 0 Å². The highest BCUT2D eigenvalue weighted by Crippen LogP contribution is 2.20. The third-order valence-electron chi connectivity index (χ3n) is 5.78. The average Bonchev–Trinajstić information content (AvgIpc) is 3.47. The van der Waals surface area contributed by atoms with E-state index in [4.69, 9.17) is 13.9 Å². The molecule has 1 aromatic carbocycles. The van der Waals surface area contributed by atoms with Gasteiger partial charge in [-0.1, -0.05) is 6.07 Å². The second kappa shape index (κ2) is 9.96. The van der Waals surface area contributed by atoms with Crippen molar-refractivity contribution < 1.29 is 31.9 Å². The molecule has 2 aromatic heterocycles. The van der Waals surface area contributed by atoms with Gasteiger partial charge in [-0.25, -0.2) is 13.2 Å². The number of hydrogen-bond acceptors (Lipinski definition) is 7. The van der Waals surface area contributed by atoms with Crippen LogP contribution in [0.15, 0.2) is 58.0 Å². The lowest BCUT2D eigenvalue weighted by molar-refractivity contribution is 0.0474. The standard InChI is InChI=1S/C24H26N2O7S/c1-17-13-22(18(2)26(17)15-20-6-4-10-32-20)23(27)16-33-24(28)19-5-3-7-21(14-19)34(29,30)25-8-11-31-12-9-25/h3-7,10,13-14H,8-9,11-12,15-16H2,1-2H3. The van der Waals surface area contributed by atoms with Crippen LogP contribution in [0.3, 0.4) is 0 Å². The Morgan fingerprint density at radius 3 is 2.53 bits per heavy atom. The molecule has 9 nitrogen and oxygen atoms in total. The first-order valence-electron chi connectivity index (χ1n) is 10.8. The van der Waals surface area contributed by atoms with Crippen molar-refractivity contribution >= 4 is 21.8 Å². The van der Waals surface area contributed by atoms with Gasteiger partial charge in [0.1, 0.15) is 5.76 Å². The predicted octanol–water partition coefficient (Wildman–Crippen LogP) is 2.81. The van der Waals surface area contributed by atoms with Crippen LogP contribution >= 0.6 is 0 Å². The van der Waals surface area contributed by atoms with E-state index in [0.717, 1.165) is 17.1 Å². The number of Topliss-reactive ketones (excluding diaryl/α,β-unsaturated/α-hetero) is 1. The molecule has 3 aromatic rings. The highest BCUT2D eigenvalue weighted by atomic mass is 32.2. The van der Waals surface area contributed by atoms with Crippen LogP contribution in [0.5, 0.6) is 0 Å². The van der Waals surface area contributed by atoms with Gasteiger partial charge in [0.05, 0.1) is 36.5 Å². The summed E-state index contributed by atoms with van der Waals surface area (Å²) < 4.78 is 44.8. The number of carbonyl (C=O) groups excluding carboxylic acids is 2. The molecule has 0 atom stereocenters. The molecule has 0 amide bonds. The Kier molecular flexibility index (Phi) is 7.01. The smallest absolute Gasteiger partial charge is 0.338 e. The van der Waals surface area contributed by atoms with Crippen molar-refractivity contribution in [2.75, 3.05) is 32.9 Å². The maximum absolute atomic E-state index is 12.9. The summed E-state index contributed by atoms with van der Waals surface area (Å²) in [6.07, 6.45) is 1.59. The maximum Gasteiger partial charge on any atom is 0.338 e. The Balaban J connectivity index is 1.43. The van der Waals surface area contributed by atoms with E-state index in [9.17, 15) is 18.0 Å². The van der Waals surface area contributed by atoms with Crippen LogP contribution in [0.4, 0.5) is 0 Å². The van der Waals surface area contributed by atoms with E-state index in [2.05, 4.69) is 0 Å². The molecule has 4 rings (SSSR count). The zero-order valence-electron chi connectivity index (χ0n) is 19.0. The maximum atomic E-state index is 12.9. The van der Waals surface area contributed by atoms with E-state index in [1.165, 1.54) is 28.6 Å². The average molecular weight is 487 g/mol. The number of sulfonamides is 1. The topological polar surface area (TPSA) is 108 Å². The molecule has 1 aliphatic heterocycles. The monoisotopic (exact) mass is 486 g/mol. The first-order chi connectivity index (χ1) is 16.3. The number of ether oxygens (including phenoxy) is 2. The number of aromatic nitrogens is 1. The molecule has 0 spiro atoms. The highest BCUT2D eigenvalue weighted by molar-refractivity contribution is 7.89. The van der Waals surface area contributed by atoms with Gasteiger partial charge in [0, 0.05) is 30.0 Å². The van der Waals surface area contributed by atoms with E-state index in [0.29, 0.717) is 25.3 Å². The predicted molar refractivity (Wildman–Crippen MR) is 122 cm³/mol. The molecule has 3 heterocycles. The molecule has 0 saturated carbocycles. The molecule has 0 bridgehead atoms. The molecule has 1 fully saturated rings. The summed E-state index contributed by atoms with van der Waals surface area (Å²) in [6, 6.07) is 11.1. The van der Waals surface area contributed by atoms with Crippen LogP contribution in [0.2, 0.25) is 0 Å². The number of esters is 1. The highest BCUT2D eigenvalue weighted by Gasteiger charge is 2.27. The largest absolute Gasteiger partial charge is 0.467 e. The number of morpholine rings is 1. The molecule has 1 aliphatic rings. The number of aryl methyl sites for hydroxylation is 1. The zero-order chi connectivity index (χ0) is 24.3. The fraction of sp³-hybridized carbons (Fsp3) is 0.333. The molecule has 0 unspecified atom stereocenters. The van der Waals surface area contributed by atoms with Crippen molar-refractivity contribution in [3.05, 3.63) is 77.0 Å². The summed E-state index contributed by atoms with van der Waals surface area (Å²) in [5.41, 5.74) is 2.14. The molecule has 180 valence electrons. The number of carbonyl (C=O) groups is 2. The summed E-state index contributed by atoms with van der Waals surface area (Å²) in [7, 11) is -3.75.